The van der Waals surface area contributed by atoms with Gasteiger partial charge in [0.15, 0.2) is 0 Å². The molecule has 0 aliphatic rings. The lowest BCUT2D eigenvalue weighted by molar-refractivity contribution is -0.130. The van der Waals surface area contributed by atoms with Gasteiger partial charge in [-0.1, -0.05) is 42.5 Å². The molecular formula is C27H34N4O4. The van der Waals surface area contributed by atoms with Crippen molar-refractivity contribution in [3.05, 3.63) is 89.1 Å². The number of aromatic nitrogens is 1. The van der Waals surface area contributed by atoms with Gasteiger partial charge >= 0.3 is 0 Å². The van der Waals surface area contributed by atoms with Gasteiger partial charge < -0.3 is 31.3 Å². The molecule has 1 amide bonds. The number of nitrogens with one attached hydrogen (secondary N) is 1. The van der Waals surface area contributed by atoms with Gasteiger partial charge in [0.1, 0.15) is 11.6 Å². The van der Waals surface area contributed by atoms with Crippen LogP contribution >= 0.6 is 0 Å². The number of carbonyl (C=O) groups is 1. The van der Waals surface area contributed by atoms with E-state index in [9.17, 15) is 20.1 Å². The van der Waals surface area contributed by atoms with E-state index in [-0.39, 0.29) is 30.7 Å². The number of amides is 1. The topological polar surface area (TPSA) is 132 Å². The smallest absolute Gasteiger partial charge is 0.226 e. The second-order valence-corrected chi connectivity index (χ2v) is 8.93. The summed E-state index contributed by atoms with van der Waals surface area (Å²) in [4.78, 5) is 18.2. The Morgan fingerprint density at radius 1 is 1.03 bits per heavy atom. The van der Waals surface area contributed by atoms with Crippen LogP contribution in [0.2, 0.25) is 0 Å². The molecule has 3 atom stereocenters. The van der Waals surface area contributed by atoms with Crippen molar-refractivity contribution in [2.45, 2.75) is 38.0 Å². The lowest BCUT2D eigenvalue weighted by atomic mass is 10.0. The van der Waals surface area contributed by atoms with Crippen molar-refractivity contribution < 1.29 is 20.1 Å². The zero-order valence-electron chi connectivity index (χ0n) is 20.1. The highest BCUT2D eigenvalue weighted by molar-refractivity contribution is 5.78. The van der Waals surface area contributed by atoms with Gasteiger partial charge in [0, 0.05) is 31.4 Å². The van der Waals surface area contributed by atoms with Gasteiger partial charge in [0.05, 0.1) is 25.2 Å². The Labute approximate surface area is 206 Å². The monoisotopic (exact) mass is 478 g/mol. The minimum Gasteiger partial charge on any atom is -0.508 e. The van der Waals surface area contributed by atoms with Crippen LogP contribution in [0, 0.1) is 0 Å². The van der Waals surface area contributed by atoms with E-state index in [4.69, 9.17) is 5.73 Å². The number of rotatable bonds is 11. The van der Waals surface area contributed by atoms with E-state index in [2.05, 4.69) is 10.3 Å². The summed E-state index contributed by atoms with van der Waals surface area (Å²) in [5, 5.41) is 33.7. The molecule has 0 aliphatic heterocycles. The quantitative estimate of drug-likeness (QED) is 0.286. The van der Waals surface area contributed by atoms with Gasteiger partial charge in [0.2, 0.25) is 5.91 Å². The lowest BCUT2D eigenvalue weighted by Gasteiger charge is -2.21. The average Bonchev–Trinajstić information content (AvgIpc) is 2.83. The Hall–Kier alpha value is -3.46. The third-order valence-corrected chi connectivity index (χ3v) is 5.87. The molecule has 3 rings (SSSR count). The number of phenolic OH excluding ortho intramolecular Hbond substituents is 1. The van der Waals surface area contributed by atoms with Crippen LogP contribution in [0.1, 0.15) is 41.4 Å². The molecule has 35 heavy (non-hydrogen) atoms. The van der Waals surface area contributed by atoms with Crippen LogP contribution in [0.25, 0.3) is 0 Å². The predicted octanol–water partition coefficient (Wildman–Crippen LogP) is 2.36. The molecule has 1 aromatic heterocycles. The summed E-state index contributed by atoms with van der Waals surface area (Å²) in [5.41, 5.74) is 8.84. The molecule has 8 heteroatoms. The number of aliphatic hydroxyl groups excluding tert-OH is 2. The fourth-order valence-corrected chi connectivity index (χ4v) is 3.85. The van der Waals surface area contributed by atoms with Crippen LogP contribution in [0.15, 0.2) is 66.9 Å². The van der Waals surface area contributed by atoms with Crippen molar-refractivity contribution in [1.82, 2.24) is 15.2 Å². The maximum Gasteiger partial charge on any atom is 0.226 e. The summed E-state index contributed by atoms with van der Waals surface area (Å²) in [6.07, 6.45) is 0.976. The van der Waals surface area contributed by atoms with Crippen LogP contribution in [-0.2, 0) is 17.6 Å². The Bertz CT molecular complexity index is 1110. The number of hydrogen-bond donors (Lipinski definition) is 5. The zero-order valence-corrected chi connectivity index (χ0v) is 20.1. The van der Waals surface area contributed by atoms with Gasteiger partial charge in [-0.05, 0) is 48.2 Å². The van der Waals surface area contributed by atoms with Gasteiger partial charge in [-0.25, -0.2) is 4.98 Å². The molecule has 0 spiro atoms. The number of benzene rings is 2. The fourth-order valence-electron chi connectivity index (χ4n) is 3.85. The standard InChI is InChI=1S/C27H34N4O4/c1-18(29-16-24(33)22-9-10-26(28)30-15-22)11-19-5-3-6-20(12-19)13-27(35)31(2)17-25(34)21-7-4-8-23(32)14-21/h3-10,12,14-15,18,24-25,29,32-34H,11,13,16-17H2,1-2H3,(H2,28,30)/t18-,24+,25?/m1/s1. The lowest BCUT2D eigenvalue weighted by Crippen LogP contribution is -2.32. The van der Waals surface area contributed by atoms with E-state index in [1.54, 1.807) is 37.5 Å². The Morgan fingerprint density at radius 2 is 1.77 bits per heavy atom. The van der Waals surface area contributed by atoms with Gasteiger partial charge in [0.25, 0.3) is 0 Å². The van der Waals surface area contributed by atoms with Crippen LogP contribution in [-0.4, -0.2) is 57.3 Å². The van der Waals surface area contributed by atoms with E-state index < -0.39 is 12.2 Å². The van der Waals surface area contributed by atoms with Crippen LogP contribution in [0.3, 0.4) is 0 Å². The summed E-state index contributed by atoms with van der Waals surface area (Å²) in [5.74, 6) is 0.389. The van der Waals surface area contributed by atoms with Crippen LogP contribution in [0.5, 0.6) is 5.75 Å². The minimum absolute atomic E-state index is 0.0767. The third-order valence-electron chi connectivity index (χ3n) is 5.87. The maximum absolute atomic E-state index is 12.7. The highest BCUT2D eigenvalue weighted by Crippen LogP contribution is 2.19. The van der Waals surface area contributed by atoms with Gasteiger partial charge in [-0.2, -0.15) is 0 Å². The third kappa shape index (κ3) is 8.06. The molecule has 0 radical (unpaired) electrons. The average molecular weight is 479 g/mol. The molecule has 0 saturated carbocycles. The normalized spacial score (nSPS) is 13.7. The molecule has 1 unspecified atom stereocenters. The summed E-state index contributed by atoms with van der Waals surface area (Å²) in [6.45, 7) is 2.56. The van der Waals surface area contributed by atoms with Crippen LogP contribution < -0.4 is 11.1 Å². The summed E-state index contributed by atoms with van der Waals surface area (Å²) in [6, 6.07) is 17.8. The molecule has 0 fully saturated rings. The van der Waals surface area contributed by atoms with Crippen molar-refractivity contribution in [3.8, 4) is 5.75 Å². The summed E-state index contributed by atoms with van der Waals surface area (Å²) < 4.78 is 0. The Kier molecular flexibility index (Phi) is 9.19. The Morgan fingerprint density at radius 3 is 2.49 bits per heavy atom. The molecule has 3 aromatic rings. The van der Waals surface area contributed by atoms with Crippen molar-refractivity contribution in [2.24, 2.45) is 0 Å². The maximum atomic E-state index is 12.7. The number of carbonyl (C=O) groups excluding carboxylic acids is 1. The first-order chi connectivity index (χ1) is 16.7. The molecule has 0 saturated heterocycles. The van der Waals surface area contributed by atoms with E-state index in [0.717, 1.165) is 17.5 Å². The molecule has 0 bridgehead atoms. The highest BCUT2D eigenvalue weighted by Gasteiger charge is 2.17. The number of likely N-dealkylation sites (N-methyl/N-ethyl adjacent to an activating group) is 1. The van der Waals surface area contributed by atoms with Crippen molar-refractivity contribution in [3.63, 3.8) is 0 Å². The fraction of sp³-hybridized carbons (Fsp3) is 0.333. The highest BCUT2D eigenvalue weighted by atomic mass is 16.3. The second kappa shape index (κ2) is 12.3. The minimum atomic E-state index is -0.881. The number of aliphatic hydroxyl groups is 2. The number of phenols is 1. The number of nitrogens with zero attached hydrogens (tertiary/aromatic N) is 2. The first-order valence-corrected chi connectivity index (χ1v) is 11.6. The van der Waals surface area contributed by atoms with E-state index in [0.29, 0.717) is 23.5 Å². The molecule has 186 valence electrons. The molecule has 6 N–H and O–H groups in total. The molecule has 0 aliphatic carbocycles. The second-order valence-electron chi connectivity index (χ2n) is 8.93. The van der Waals surface area contributed by atoms with Crippen molar-refractivity contribution >= 4 is 11.7 Å². The summed E-state index contributed by atoms with van der Waals surface area (Å²) >= 11 is 0. The zero-order chi connectivity index (χ0) is 25.4. The van der Waals surface area contributed by atoms with E-state index in [1.165, 1.54) is 17.0 Å². The molecule has 1 heterocycles. The number of aromatic hydroxyl groups is 1. The molecule has 8 nitrogen and oxygen atoms in total. The summed E-state index contributed by atoms with van der Waals surface area (Å²) in [7, 11) is 1.66. The number of pyridine rings is 1. The SMILES string of the molecule is C[C@H](Cc1cccc(CC(=O)N(C)CC(O)c2cccc(O)c2)c1)NC[C@H](O)c1ccc(N)nc1. The number of nitrogens with two attached hydrogens (primary N) is 1. The molecule has 2 aromatic carbocycles. The van der Waals surface area contributed by atoms with Crippen molar-refractivity contribution in [2.75, 3.05) is 25.9 Å². The van der Waals surface area contributed by atoms with E-state index >= 15 is 0 Å². The van der Waals surface area contributed by atoms with Crippen molar-refractivity contribution in [1.29, 1.82) is 0 Å². The number of hydrogen-bond acceptors (Lipinski definition) is 7. The first kappa shape index (κ1) is 26.2. The molecular weight excluding hydrogens is 444 g/mol. The predicted molar refractivity (Wildman–Crippen MR) is 136 cm³/mol. The first-order valence-electron chi connectivity index (χ1n) is 11.6. The van der Waals surface area contributed by atoms with Gasteiger partial charge in [-0.15, -0.1) is 0 Å². The van der Waals surface area contributed by atoms with Gasteiger partial charge in [-0.3, -0.25) is 4.79 Å². The number of nitrogen functional groups attached to an aromatic ring is 1. The Balaban J connectivity index is 1.49. The number of anilines is 1. The largest absolute Gasteiger partial charge is 0.508 e. The van der Waals surface area contributed by atoms with Crippen LogP contribution in [0.4, 0.5) is 5.82 Å². The van der Waals surface area contributed by atoms with E-state index in [1.807, 2.05) is 31.2 Å².